The van der Waals surface area contributed by atoms with Crippen LogP contribution in [0, 0.1) is 11.3 Å². The van der Waals surface area contributed by atoms with Crippen molar-refractivity contribution in [2.24, 2.45) is 0 Å². The number of unbranched alkanes of at least 4 members (excludes halogenated alkanes) is 1. The number of halogens is 1. The van der Waals surface area contributed by atoms with E-state index in [0.29, 0.717) is 17.7 Å². The van der Waals surface area contributed by atoms with E-state index >= 15 is 0 Å². The third-order valence-electron chi connectivity index (χ3n) is 2.64. The summed E-state index contributed by atoms with van der Waals surface area (Å²) >= 11 is 3.33. The van der Waals surface area contributed by atoms with Crippen LogP contribution in [0.4, 0.5) is 0 Å². The first-order valence-electron chi connectivity index (χ1n) is 5.99. The topological polar surface area (TPSA) is 61.2 Å². The van der Waals surface area contributed by atoms with E-state index < -0.39 is 0 Å². The molecule has 0 saturated heterocycles. The highest BCUT2D eigenvalue weighted by Gasteiger charge is 2.34. The maximum absolute atomic E-state index is 11.9. The lowest BCUT2D eigenvalue weighted by molar-refractivity contribution is 0.0652. The van der Waals surface area contributed by atoms with Crippen LogP contribution in [0.1, 0.15) is 40.5 Å². The molecular weight excluding hydrogens is 308 g/mol. The van der Waals surface area contributed by atoms with E-state index in [1.165, 1.54) is 11.8 Å². The molecule has 1 aromatic rings. The zero-order chi connectivity index (χ0) is 14.3. The first-order chi connectivity index (χ1) is 9.17. The molecule has 0 atom stereocenters. The van der Waals surface area contributed by atoms with Gasteiger partial charge in [-0.05, 0) is 25.0 Å². The van der Waals surface area contributed by atoms with Crippen LogP contribution in [-0.2, 0) is 0 Å². The van der Waals surface area contributed by atoms with Crippen molar-refractivity contribution >= 4 is 27.7 Å². The minimum Gasteiger partial charge on any atom is -0.274 e. The van der Waals surface area contributed by atoms with E-state index in [-0.39, 0.29) is 11.8 Å². The van der Waals surface area contributed by atoms with Crippen molar-refractivity contribution in [1.82, 2.24) is 4.90 Å². The molecule has 0 spiro atoms. The molecule has 0 fully saturated rings. The van der Waals surface area contributed by atoms with Crippen LogP contribution in [0.5, 0.6) is 0 Å². The van der Waals surface area contributed by atoms with Gasteiger partial charge in [-0.3, -0.25) is 14.5 Å². The molecule has 1 aliphatic heterocycles. The minimum atomic E-state index is -0.157. The zero-order valence-electron chi connectivity index (χ0n) is 10.7. The zero-order valence-corrected chi connectivity index (χ0v) is 12.3. The predicted octanol–water partition coefficient (Wildman–Crippen LogP) is 2.99. The SMILES string of the molecule is CC#N.O=C1c2ccccc2C(=O)N1CCCCBr. The first kappa shape index (κ1) is 15.4. The lowest BCUT2D eigenvalue weighted by atomic mass is 10.1. The van der Waals surface area contributed by atoms with Crippen LogP contribution in [-0.4, -0.2) is 28.6 Å². The van der Waals surface area contributed by atoms with Gasteiger partial charge in [0.15, 0.2) is 0 Å². The Morgan fingerprint density at radius 3 is 2.05 bits per heavy atom. The molecule has 0 bridgehead atoms. The average Bonchev–Trinajstić information content (AvgIpc) is 2.65. The van der Waals surface area contributed by atoms with Crippen molar-refractivity contribution in [2.75, 3.05) is 11.9 Å². The number of carbonyl (C=O) groups excluding carboxylic acids is 2. The molecule has 0 saturated carbocycles. The Labute approximate surface area is 121 Å². The highest BCUT2D eigenvalue weighted by atomic mass is 79.9. The number of benzene rings is 1. The van der Waals surface area contributed by atoms with Gasteiger partial charge in [0.25, 0.3) is 11.8 Å². The fourth-order valence-electron chi connectivity index (χ4n) is 1.81. The second-order valence-corrected chi connectivity index (χ2v) is 4.72. The number of imide groups is 1. The summed E-state index contributed by atoms with van der Waals surface area (Å²) in [6, 6.07) is 8.73. The monoisotopic (exact) mass is 322 g/mol. The Hall–Kier alpha value is -1.67. The third kappa shape index (κ3) is 3.65. The van der Waals surface area contributed by atoms with Gasteiger partial charge in [0.1, 0.15) is 0 Å². The van der Waals surface area contributed by atoms with Crippen LogP contribution in [0.25, 0.3) is 0 Å². The molecule has 0 aliphatic carbocycles. The maximum Gasteiger partial charge on any atom is 0.261 e. The molecule has 100 valence electrons. The van der Waals surface area contributed by atoms with Gasteiger partial charge in [-0.15, -0.1) is 0 Å². The molecule has 4 nitrogen and oxygen atoms in total. The summed E-state index contributed by atoms with van der Waals surface area (Å²) in [6.07, 6.45) is 1.81. The summed E-state index contributed by atoms with van der Waals surface area (Å²) in [7, 11) is 0. The second kappa shape index (κ2) is 7.70. The van der Waals surface area contributed by atoms with Gasteiger partial charge >= 0.3 is 0 Å². The van der Waals surface area contributed by atoms with Crippen molar-refractivity contribution in [3.8, 4) is 6.07 Å². The molecular formula is C14H15BrN2O2. The number of rotatable bonds is 4. The molecule has 0 unspecified atom stereocenters. The van der Waals surface area contributed by atoms with Crippen LogP contribution in [0.2, 0.25) is 0 Å². The number of carbonyl (C=O) groups is 2. The van der Waals surface area contributed by atoms with E-state index in [4.69, 9.17) is 5.26 Å². The van der Waals surface area contributed by atoms with Gasteiger partial charge in [-0.2, -0.15) is 5.26 Å². The van der Waals surface area contributed by atoms with Crippen LogP contribution in [0.3, 0.4) is 0 Å². The molecule has 1 aliphatic rings. The number of hydrogen-bond acceptors (Lipinski definition) is 3. The number of hydrogen-bond donors (Lipinski definition) is 0. The average molecular weight is 323 g/mol. The Morgan fingerprint density at radius 2 is 1.63 bits per heavy atom. The van der Waals surface area contributed by atoms with Crippen molar-refractivity contribution < 1.29 is 9.59 Å². The summed E-state index contributed by atoms with van der Waals surface area (Å²) in [6.45, 7) is 1.94. The molecule has 1 aromatic carbocycles. The van der Waals surface area contributed by atoms with Crippen LogP contribution >= 0.6 is 15.9 Å². The summed E-state index contributed by atoms with van der Waals surface area (Å²) in [5.74, 6) is -0.314. The standard InChI is InChI=1S/C12H12BrNO2.C2H3N/c13-7-3-4-8-14-11(15)9-5-1-2-6-10(9)12(14)16;1-2-3/h1-2,5-6H,3-4,7-8H2;1H3. The number of alkyl halides is 1. The van der Waals surface area contributed by atoms with Crippen molar-refractivity contribution in [3.63, 3.8) is 0 Å². The molecule has 0 N–H and O–H groups in total. The van der Waals surface area contributed by atoms with E-state index in [9.17, 15) is 9.59 Å². The summed E-state index contributed by atoms with van der Waals surface area (Å²) in [5.41, 5.74) is 1.07. The minimum absolute atomic E-state index is 0.157. The quantitative estimate of drug-likeness (QED) is 0.486. The smallest absolute Gasteiger partial charge is 0.261 e. The van der Waals surface area contributed by atoms with E-state index in [0.717, 1.165) is 18.2 Å². The van der Waals surface area contributed by atoms with Crippen molar-refractivity contribution in [1.29, 1.82) is 5.26 Å². The van der Waals surface area contributed by atoms with Gasteiger partial charge in [-0.1, -0.05) is 28.1 Å². The van der Waals surface area contributed by atoms with Crippen molar-refractivity contribution in [3.05, 3.63) is 35.4 Å². The number of nitriles is 1. The van der Waals surface area contributed by atoms with Gasteiger partial charge < -0.3 is 0 Å². The number of amides is 2. The maximum atomic E-state index is 11.9. The third-order valence-corrected chi connectivity index (χ3v) is 3.20. The summed E-state index contributed by atoms with van der Waals surface area (Å²) in [4.78, 5) is 25.1. The molecule has 2 amide bonds. The van der Waals surface area contributed by atoms with Crippen LogP contribution < -0.4 is 0 Å². The fourth-order valence-corrected chi connectivity index (χ4v) is 2.20. The molecule has 0 aromatic heterocycles. The second-order valence-electron chi connectivity index (χ2n) is 3.93. The summed E-state index contributed by atoms with van der Waals surface area (Å²) < 4.78 is 0. The number of nitrogens with zero attached hydrogens (tertiary/aromatic N) is 2. The molecule has 19 heavy (non-hydrogen) atoms. The number of fused-ring (bicyclic) bond motifs is 1. The van der Waals surface area contributed by atoms with Crippen molar-refractivity contribution in [2.45, 2.75) is 19.8 Å². The van der Waals surface area contributed by atoms with Gasteiger partial charge in [-0.25, -0.2) is 0 Å². The molecule has 2 rings (SSSR count). The lowest BCUT2D eigenvalue weighted by Crippen LogP contribution is -2.30. The Kier molecular flexibility index (Phi) is 6.23. The van der Waals surface area contributed by atoms with Gasteiger partial charge in [0.05, 0.1) is 17.2 Å². The highest BCUT2D eigenvalue weighted by molar-refractivity contribution is 9.09. The van der Waals surface area contributed by atoms with E-state index in [1.807, 2.05) is 0 Å². The lowest BCUT2D eigenvalue weighted by Gasteiger charge is -2.12. The molecule has 1 heterocycles. The van der Waals surface area contributed by atoms with Gasteiger partial charge in [0, 0.05) is 18.8 Å². The predicted molar refractivity (Wildman–Crippen MR) is 76.1 cm³/mol. The molecule has 0 radical (unpaired) electrons. The van der Waals surface area contributed by atoms with Crippen LogP contribution in [0.15, 0.2) is 24.3 Å². The normalized spacial score (nSPS) is 12.6. The Morgan fingerprint density at radius 1 is 1.16 bits per heavy atom. The molecule has 5 heteroatoms. The van der Waals surface area contributed by atoms with E-state index in [1.54, 1.807) is 30.3 Å². The highest BCUT2D eigenvalue weighted by Crippen LogP contribution is 2.22. The first-order valence-corrected chi connectivity index (χ1v) is 7.11. The van der Waals surface area contributed by atoms with Gasteiger partial charge in [0.2, 0.25) is 0 Å². The Bertz CT molecular complexity index is 473. The largest absolute Gasteiger partial charge is 0.274 e. The Balaban J connectivity index is 0.000000550. The van der Waals surface area contributed by atoms with E-state index in [2.05, 4.69) is 15.9 Å². The summed E-state index contributed by atoms with van der Waals surface area (Å²) in [5, 5.41) is 8.22. The fraction of sp³-hybridized carbons (Fsp3) is 0.357.